The number of hydrogen-bond donors (Lipinski definition) is 0. The molecule has 1 atom stereocenters. The van der Waals surface area contributed by atoms with Crippen LogP contribution in [0.1, 0.15) is 33.1 Å². The van der Waals surface area contributed by atoms with E-state index in [-0.39, 0.29) is 5.56 Å². The molecule has 0 heterocycles. The van der Waals surface area contributed by atoms with Gasteiger partial charge in [-0.3, -0.25) is 0 Å². The highest BCUT2D eigenvalue weighted by molar-refractivity contribution is 6.19. The molecule has 0 saturated carbocycles. The molecular weight excluding hydrogens is 136 g/mol. The molecule has 0 radical (unpaired) electrons. The molecule has 0 aromatic carbocycles. The van der Waals surface area contributed by atoms with Gasteiger partial charge in [0.1, 0.15) is 5.56 Å². The van der Waals surface area contributed by atoms with Gasteiger partial charge in [-0.2, -0.15) is 0 Å². The van der Waals surface area contributed by atoms with Crippen molar-refractivity contribution in [3.8, 4) is 0 Å². The topological polar surface area (TPSA) is 9.23 Å². The lowest BCUT2D eigenvalue weighted by Crippen LogP contribution is -2.04. The maximum Gasteiger partial charge on any atom is 0.131 e. The Labute approximate surface area is 62.3 Å². The van der Waals surface area contributed by atoms with Crippen LogP contribution < -0.4 is 0 Å². The summed E-state index contributed by atoms with van der Waals surface area (Å²) in [5.41, 5.74) is -0.0602. The quantitative estimate of drug-likeness (QED) is 0.548. The van der Waals surface area contributed by atoms with Crippen LogP contribution in [0.5, 0.6) is 0 Å². The van der Waals surface area contributed by atoms with Crippen molar-refractivity contribution < 1.29 is 4.74 Å². The second-order valence-corrected chi connectivity index (χ2v) is 2.56. The molecule has 0 aromatic rings. The average Bonchev–Trinajstić information content (AvgIpc) is 1.85. The zero-order valence-electron chi connectivity index (χ0n) is 6.19. The molecule has 0 bridgehead atoms. The number of halogens is 1. The molecule has 0 amide bonds. The van der Waals surface area contributed by atoms with Gasteiger partial charge in [0.2, 0.25) is 0 Å². The first-order valence-corrected chi connectivity index (χ1v) is 4.00. The van der Waals surface area contributed by atoms with E-state index in [0.29, 0.717) is 0 Å². The normalized spacial score (nSPS) is 13.7. The zero-order chi connectivity index (χ0) is 7.11. The van der Waals surface area contributed by atoms with Crippen molar-refractivity contribution in [1.29, 1.82) is 0 Å². The Morgan fingerprint density at radius 2 is 2.00 bits per heavy atom. The summed E-state index contributed by atoms with van der Waals surface area (Å²) >= 11 is 5.74. The van der Waals surface area contributed by atoms with Crippen LogP contribution in [-0.2, 0) is 4.74 Å². The molecule has 1 nitrogen and oxygen atoms in total. The van der Waals surface area contributed by atoms with Gasteiger partial charge in [-0.1, -0.05) is 31.9 Å². The minimum Gasteiger partial charge on any atom is -0.363 e. The zero-order valence-corrected chi connectivity index (χ0v) is 6.95. The van der Waals surface area contributed by atoms with E-state index in [1.807, 2.05) is 0 Å². The summed E-state index contributed by atoms with van der Waals surface area (Å²) in [6, 6.07) is 0. The molecule has 0 fully saturated rings. The minimum atomic E-state index is -0.0602. The Hall–Kier alpha value is 0.250. The summed E-state index contributed by atoms with van der Waals surface area (Å²) < 4.78 is 5.20. The van der Waals surface area contributed by atoms with Gasteiger partial charge in [-0.05, 0) is 12.8 Å². The van der Waals surface area contributed by atoms with Crippen LogP contribution >= 0.6 is 11.6 Å². The Morgan fingerprint density at radius 1 is 1.33 bits per heavy atom. The second kappa shape index (κ2) is 6.37. The van der Waals surface area contributed by atoms with Gasteiger partial charge in [0.15, 0.2) is 0 Å². The Bertz CT molecular complexity index is 56.9. The van der Waals surface area contributed by atoms with Crippen molar-refractivity contribution in [3.63, 3.8) is 0 Å². The minimum absolute atomic E-state index is 0.0602. The standard InChI is InChI=1S/C7H15ClO/c1-3-5-7(8)9-6-4-2/h7H,3-6H2,1-2H3. The summed E-state index contributed by atoms with van der Waals surface area (Å²) in [7, 11) is 0. The average molecular weight is 151 g/mol. The molecule has 0 rings (SSSR count). The van der Waals surface area contributed by atoms with Crippen LogP contribution in [0, 0.1) is 0 Å². The van der Waals surface area contributed by atoms with Crippen LogP contribution in [0.2, 0.25) is 0 Å². The SMILES string of the molecule is CCCOC(Cl)CCC. The van der Waals surface area contributed by atoms with Crippen molar-refractivity contribution in [2.45, 2.75) is 38.7 Å². The Kier molecular flexibility index (Phi) is 6.55. The van der Waals surface area contributed by atoms with Crippen molar-refractivity contribution in [2.24, 2.45) is 0 Å². The molecular formula is C7H15ClO. The maximum atomic E-state index is 5.74. The molecule has 0 aliphatic heterocycles. The molecule has 0 saturated heterocycles. The van der Waals surface area contributed by atoms with Crippen molar-refractivity contribution in [1.82, 2.24) is 0 Å². The van der Waals surface area contributed by atoms with Gasteiger partial charge >= 0.3 is 0 Å². The maximum absolute atomic E-state index is 5.74. The van der Waals surface area contributed by atoms with Gasteiger partial charge in [0, 0.05) is 6.61 Å². The largest absolute Gasteiger partial charge is 0.363 e. The van der Waals surface area contributed by atoms with E-state index in [0.717, 1.165) is 25.9 Å². The highest BCUT2D eigenvalue weighted by Crippen LogP contribution is 2.06. The van der Waals surface area contributed by atoms with Gasteiger partial charge < -0.3 is 4.74 Å². The Balaban J connectivity index is 2.95. The van der Waals surface area contributed by atoms with E-state index in [9.17, 15) is 0 Å². The molecule has 0 aromatic heterocycles. The third-order valence-electron chi connectivity index (χ3n) is 1.02. The molecule has 1 unspecified atom stereocenters. The lowest BCUT2D eigenvalue weighted by atomic mass is 10.3. The molecule has 0 N–H and O–H groups in total. The second-order valence-electron chi connectivity index (χ2n) is 2.07. The van der Waals surface area contributed by atoms with Crippen molar-refractivity contribution in [3.05, 3.63) is 0 Å². The summed E-state index contributed by atoms with van der Waals surface area (Å²) in [5.74, 6) is 0. The predicted molar refractivity (Wildman–Crippen MR) is 40.8 cm³/mol. The van der Waals surface area contributed by atoms with Crippen LogP contribution in [0.3, 0.4) is 0 Å². The fourth-order valence-corrected chi connectivity index (χ4v) is 0.863. The molecule has 0 aliphatic rings. The molecule has 0 spiro atoms. The van der Waals surface area contributed by atoms with Crippen LogP contribution in [-0.4, -0.2) is 12.2 Å². The van der Waals surface area contributed by atoms with Gasteiger partial charge in [-0.25, -0.2) is 0 Å². The number of hydrogen-bond acceptors (Lipinski definition) is 1. The first-order chi connectivity index (χ1) is 4.31. The van der Waals surface area contributed by atoms with Crippen LogP contribution in [0.25, 0.3) is 0 Å². The lowest BCUT2D eigenvalue weighted by molar-refractivity contribution is 0.102. The van der Waals surface area contributed by atoms with Crippen LogP contribution in [0.4, 0.5) is 0 Å². The first kappa shape index (κ1) is 9.25. The first-order valence-electron chi connectivity index (χ1n) is 3.57. The van der Waals surface area contributed by atoms with E-state index in [4.69, 9.17) is 16.3 Å². The van der Waals surface area contributed by atoms with Gasteiger partial charge in [0.05, 0.1) is 0 Å². The van der Waals surface area contributed by atoms with E-state index < -0.39 is 0 Å². The van der Waals surface area contributed by atoms with Crippen molar-refractivity contribution >= 4 is 11.6 Å². The van der Waals surface area contributed by atoms with E-state index in [1.165, 1.54) is 0 Å². The summed E-state index contributed by atoms with van der Waals surface area (Å²) in [5, 5.41) is 0. The number of alkyl halides is 1. The third-order valence-corrected chi connectivity index (χ3v) is 1.36. The van der Waals surface area contributed by atoms with Crippen molar-refractivity contribution in [2.75, 3.05) is 6.61 Å². The predicted octanol–water partition coefficient (Wildman–Crippen LogP) is 2.78. The highest BCUT2D eigenvalue weighted by Gasteiger charge is 1.99. The third kappa shape index (κ3) is 6.13. The lowest BCUT2D eigenvalue weighted by Gasteiger charge is -2.07. The number of ether oxygens (including phenoxy) is 1. The van der Waals surface area contributed by atoms with Crippen LogP contribution in [0.15, 0.2) is 0 Å². The summed E-state index contributed by atoms with van der Waals surface area (Å²) in [6.07, 6.45) is 3.10. The fraction of sp³-hybridized carbons (Fsp3) is 1.00. The Morgan fingerprint density at radius 3 is 2.44 bits per heavy atom. The summed E-state index contributed by atoms with van der Waals surface area (Å²) in [4.78, 5) is 0. The monoisotopic (exact) mass is 150 g/mol. The molecule has 56 valence electrons. The van der Waals surface area contributed by atoms with E-state index >= 15 is 0 Å². The molecule has 9 heavy (non-hydrogen) atoms. The smallest absolute Gasteiger partial charge is 0.131 e. The van der Waals surface area contributed by atoms with Gasteiger partial charge in [0.25, 0.3) is 0 Å². The molecule has 0 aliphatic carbocycles. The fourth-order valence-electron chi connectivity index (χ4n) is 0.556. The summed E-state index contributed by atoms with van der Waals surface area (Å²) in [6.45, 7) is 4.97. The highest BCUT2D eigenvalue weighted by atomic mass is 35.5. The molecule has 2 heteroatoms. The number of rotatable bonds is 5. The van der Waals surface area contributed by atoms with E-state index in [1.54, 1.807) is 0 Å². The van der Waals surface area contributed by atoms with Gasteiger partial charge in [-0.15, -0.1) is 0 Å². The van der Waals surface area contributed by atoms with E-state index in [2.05, 4.69) is 13.8 Å².